The van der Waals surface area contributed by atoms with Crippen molar-refractivity contribution in [2.24, 2.45) is 0 Å². The Labute approximate surface area is 119 Å². The van der Waals surface area contributed by atoms with E-state index in [0.29, 0.717) is 18.0 Å². The van der Waals surface area contributed by atoms with Gasteiger partial charge < -0.3 is 9.64 Å². The molecule has 104 valence electrons. The molecule has 1 aromatic carbocycles. The fourth-order valence-electron chi connectivity index (χ4n) is 2.10. The van der Waals surface area contributed by atoms with E-state index in [9.17, 15) is 4.79 Å². The van der Waals surface area contributed by atoms with Crippen molar-refractivity contribution in [3.8, 4) is 5.88 Å². The maximum atomic E-state index is 12.7. The molecule has 0 fully saturated rings. The van der Waals surface area contributed by atoms with Crippen LogP contribution in [0.2, 0.25) is 0 Å². The molecule has 4 heteroatoms. The summed E-state index contributed by atoms with van der Waals surface area (Å²) in [5.41, 5.74) is 2.47. The SMILES string of the molecule is CCN(C(=O)c1cccnc1OC)c1cccc(C)c1. The van der Waals surface area contributed by atoms with E-state index in [4.69, 9.17) is 4.74 Å². The number of anilines is 1. The summed E-state index contributed by atoms with van der Waals surface area (Å²) in [5, 5.41) is 0. The summed E-state index contributed by atoms with van der Waals surface area (Å²) in [6.07, 6.45) is 1.61. The third kappa shape index (κ3) is 2.79. The van der Waals surface area contributed by atoms with Gasteiger partial charge in [0.2, 0.25) is 5.88 Å². The highest BCUT2D eigenvalue weighted by molar-refractivity contribution is 6.07. The van der Waals surface area contributed by atoms with Crippen molar-refractivity contribution in [1.82, 2.24) is 4.98 Å². The molecule has 0 aliphatic carbocycles. The van der Waals surface area contributed by atoms with Gasteiger partial charge in [-0.15, -0.1) is 0 Å². The lowest BCUT2D eigenvalue weighted by Crippen LogP contribution is -2.31. The van der Waals surface area contributed by atoms with Crippen LogP contribution in [-0.2, 0) is 0 Å². The Hall–Kier alpha value is -2.36. The second kappa shape index (κ2) is 6.19. The van der Waals surface area contributed by atoms with Crippen LogP contribution in [0.5, 0.6) is 5.88 Å². The highest BCUT2D eigenvalue weighted by Gasteiger charge is 2.20. The lowest BCUT2D eigenvalue weighted by Gasteiger charge is -2.22. The monoisotopic (exact) mass is 270 g/mol. The minimum absolute atomic E-state index is 0.108. The van der Waals surface area contributed by atoms with Crippen molar-refractivity contribution < 1.29 is 9.53 Å². The van der Waals surface area contributed by atoms with Crippen LogP contribution in [-0.4, -0.2) is 24.5 Å². The van der Waals surface area contributed by atoms with E-state index in [1.54, 1.807) is 23.2 Å². The number of carbonyl (C=O) groups is 1. The summed E-state index contributed by atoms with van der Waals surface area (Å²) < 4.78 is 5.16. The van der Waals surface area contributed by atoms with Crippen LogP contribution in [0.4, 0.5) is 5.69 Å². The number of methoxy groups -OCH3 is 1. The third-order valence-electron chi connectivity index (χ3n) is 3.07. The summed E-state index contributed by atoms with van der Waals surface area (Å²) in [4.78, 5) is 18.5. The fraction of sp³-hybridized carbons (Fsp3) is 0.250. The standard InChI is InChI=1S/C16H18N2O2/c1-4-18(13-8-5-7-12(2)11-13)16(19)14-9-6-10-17-15(14)20-3/h5-11H,4H2,1-3H3. The van der Waals surface area contributed by atoms with Gasteiger partial charge >= 0.3 is 0 Å². The first-order valence-corrected chi connectivity index (χ1v) is 6.55. The highest BCUT2D eigenvalue weighted by Crippen LogP contribution is 2.22. The van der Waals surface area contributed by atoms with Gasteiger partial charge in [-0.25, -0.2) is 4.98 Å². The van der Waals surface area contributed by atoms with E-state index >= 15 is 0 Å². The molecule has 0 N–H and O–H groups in total. The van der Waals surface area contributed by atoms with Gasteiger partial charge in [0.15, 0.2) is 0 Å². The van der Waals surface area contributed by atoms with Gasteiger partial charge in [-0.1, -0.05) is 12.1 Å². The average molecular weight is 270 g/mol. The third-order valence-corrected chi connectivity index (χ3v) is 3.07. The van der Waals surface area contributed by atoms with E-state index in [-0.39, 0.29) is 5.91 Å². The number of benzene rings is 1. The normalized spacial score (nSPS) is 10.2. The molecule has 0 spiro atoms. The zero-order valence-corrected chi connectivity index (χ0v) is 12.0. The molecule has 4 nitrogen and oxygen atoms in total. The molecule has 0 aliphatic heterocycles. The Morgan fingerprint density at radius 1 is 1.30 bits per heavy atom. The van der Waals surface area contributed by atoms with E-state index in [1.165, 1.54) is 7.11 Å². The minimum atomic E-state index is -0.108. The minimum Gasteiger partial charge on any atom is -0.480 e. The predicted molar refractivity (Wildman–Crippen MR) is 79.3 cm³/mol. The summed E-state index contributed by atoms with van der Waals surface area (Å²) in [6.45, 7) is 4.54. The second-order valence-corrected chi connectivity index (χ2v) is 4.45. The van der Waals surface area contributed by atoms with Crippen LogP contribution in [0.3, 0.4) is 0 Å². The highest BCUT2D eigenvalue weighted by atomic mass is 16.5. The predicted octanol–water partition coefficient (Wildman–Crippen LogP) is 3.07. The molecule has 2 aromatic rings. The van der Waals surface area contributed by atoms with E-state index < -0.39 is 0 Å². The van der Waals surface area contributed by atoms with E-state index in [0.717, 1.165) is 11.3 Å². The molecule has 0 atom stereocenters. The zero-order valence-electron chi connectivity index (χ0n) is 12.0. The average Bonchev–Trinajstić information content (AvgIpc) is 2.48. The Bertz CT molecular complexity index is 611. The lowest BCUT2D eigenvalue weighted by atomic mass is 10.1. The molecule has 0 radical (unpaired) electrons. The van der Waals surface area contributed by atoms with Crippen LogP contribution in [0.25, 0.3) is 0 Å². The zero-order chi connectivity index (χ0) is 14.5. The maximum absolute atomic E-state index is 12.7. The number of aromatic nitrogens is 1. The number of amides is 1. The van der Waals surface area contributed by atoms with Gasteiger partial charge in [0, 0.05) is 18.4 Å². The van der Waals surface area contributed by atoms with Crippen molar-refractivity contribution in [2.45, 2.75) is 13.8 Å². The molecule has 1 heterocycles. The molecule has 20 heavy (non-hydrogen) atoms. The fourth-order valence-corrected chi connectivity index (χ4v) is 2.10. The molecule has 2 rings (SSSR count). The van der Waals surface area contributed by atoms with Gasteiger partial charge in [0.1, 0.15) is 5.56 Å². The second-order valence-electron chi connectivity index (χ2n) is 4.45. The Balaban J connectivity index is 2.39. The van der Waals surface area contributed by atoms with Crippen LogP contribution in [0.1, 0.15) is 22.8 Å². The number of hydrogen-bond acceptors (Lipinski definition) is 3. The summed E-state index contributed by atoms with van der Waals surface area (Å²) in [5.74, 6) is 0.242. The van der Waals surface area contributed by atoms with Crippen molar-refractivity contribution in [1.29, 1.82) is 0 Å². The van der Waals surface area contributed by atoms with Gasteiger partial charge in [0.05, 0.1) is 7.11 Å². The van der Waals surface area contributed by atoms with Crippen LogP contribution >= 0.6 is 0 Å². The van der Waals surface area contributed by atoms with Gasteiger partial charge in [0.25, 0.3) is 5.91 Å². The van der Waals surface area contributed by atoms with Crippen LogP contribution < -0.4 is 9.64 Å². The summed E-state index contributed by atoms with van der Waals surface area (Å²) in [6, 6.07) is 11.3. The first kappa shape index (κ1) is 14.1. The van der Waals surface area contributed by atoms with Gasteiger partial charge in [-0.2, -0.15) is 0 Å². The molecule has 0 bridgehead atoms. The molecule has 1 aromatic heterocycles. The number of nitrogens with zero attached hydrogens (tertiary/aromatic N) is 2. The molecule has 0 unspecified atom stereocenters. The largest absolute Gasteiger partial charge is 0.480 e. The molecule has 0 aliphatic rings. The smallest absolute Gasteiger partial charge is 0.263 e. The number of ether oxygens (including phenoxy) is 1. The molecule has 1 amide bonds. The number of pyridine rings is 1. The summed E-state index contributed by atoms with van der Waals surface area (Å²) >= 11 is 0. The van der Waals surface area contributed by atoms with E-state index in [1.807, 2.05) is 38.1 Å². The number of aryl methyl sites for hydroxylation is 1. The Morgan fingerprint density at radius 2 is 2.10 bits per heavy atom. The van der Waals surface area contributed by atoms with Crippen LogP contribution in [0, 0.1) is 6.92 Å². The van der Waals surface area contributed by atoms with Crippen molar-refractivity contribution in [3.63, 3.8) is 0 Å². The first-order valence-electron chi connectivity index (χ1n) is 6.55. The quantitative estimate of drug-likeness (QED) is 0.857. The van der Waals surface area contributed by atoms with Gasteiger partial charge in [-0.05, 0) is 43.7 Å². The van der Waals surface area contributed by atoms with E-state index in [2.05, 4.69) is 4.98 Å². The van der Waals surface area contributed by atoms with Crippen molar-refractivity contribution in [3.05, 3.63) is 53.7 Å². The number of hydrogen-bond donors (Lipinski definition) is 0. The number of carbonyl (C=O) groups excluding carboxylic acids is 1. The maximum Gasteiger partial charge on any atom is 0.263 e. The molecular formula is C16H18N2O2. The molecule has 0 saturated carbocycles. The number of rotatable bonds is 4. The summed E-state index contributed by atoms with van der Waals surface area (Å²) in [7, 11) is 1.52. The molecule has 0 saturated heterocycles. The first-order chi connectivity index (χ1) is 9.67. The topological polar surface area (TPSA) is 42.4 Å². The Kier molecular flexibility index (Phi) is 4.35. The Morgan fingerprint density at radius 3 is 2.75 bits per heavy atom. The molecular weight excluding hydrogens is 252 g/mol. The van der Waals surface area contributed by atoms with Gasteiger partial charge in [-0.3, -0.25) is 4.79 Å². The van der Waals surface area contributed by atoms with Crippen LogP contribution in [0.15, 0.2) is 42.6 Å². The van der Waals surface area contributed by atoms with Crippen molar-refractivity contribution >= 4 is 11.6 Å². The lowest BCUT2D eigenvalue weighted by molar-refractivity contribution is 0.0984. The van der Waals surface area contributed by atoms with Crippen molar-refractivity contribution in [2.75, 3.05) is 18.6 Å².